The van der Waals surface area contributed by atoms with Crippen LogP contribution in [-0.4, -0.2) is 23.2 Å². The Balaban J connectivity index is 1.85. The Hall–Kier alpha value is -3.08. The van der Waals surface area contributed by atoms with Gasteiger partial charge in [0, 0.05) is 30.2 Å². The number of nitrogens with zero attached hydrogens (tertiary/aromatic N) is 4. The van der Waals surface area contributed by atoms with Crippen LogP contribution < -0.4 is 9.80 Å². The van der Waals surface area contributed by atoms with E-state index in [0.717, 1.165) is 40.0 Å². The summed E-state index contributed by atoms with van der Waals surface area (Å²) in [5.74, 6) is 1.00. The summed E-state index contributed by atoms with van der Waals surface area (Å²) < 4.78 is 6.23. The quantitative estimate of drug-likeness (QED) is 0.511. The molecule has 0 saturated carbocycles. The minimum atomic E-state index is 0.199. The van der Waals surface area contributed by atoms with Crippen LogP contribution in [-0.2, 0) is 0 Å². The predicted octanol–water partition coefficient (Wildman–Crippen LogP) is 5.01. The van der Waals surface area contributed by atoms with Gasteiger partial charge in [0.15, 0.2) is 11.4 Å². The normalized spacial score (nSPS) is 16.7. The minimum Gasteiger partial charge on any atom is -0.435 e. The van der Waals surface area contributed by atoms with Crippen molar-refractivity contribution in [1.82, 2.24) is 9.97 Å². The maximum absolute atomic E-state index is 6.23. The molecule has 0 N–H and O–H groups in total. The first-order valence-electron chi connectivity index (χ1n) is 8.94. The van der Waals surface area contributed by atoms with Crippen LogP contribution in [0.2, 0.25) is 0 Å². The molecule has 0 radical (unpaired) electrons. The van der Waals surface area contributed by atoms with E-state index in [1.807, 2.05) is 18.3 Å². The first-order valence-corrected chi connectivity index (χ1v) is 8.94. The van der Waals surface area contributed by atoms with Gasteiger partial charge in [-0.05, 0) is 43.2 Å². The Labute approximate surface area is 151 Å². The topological polar surface area (TPSA) is 45.4 Å². The molecule has 0 bridgehead atoms. The molecule has 0 fully saturated rings. The molecule has 5 nitrogen and oxygen atoms in total. The zero-order valence-electron chi connectivity index (χ0n) is 15.1. The minimum absolute atomic E-state index is 0.199. The number of pyridine rings is 2. The van der Waals surface area contributed by atoms with Crippen molar-refractivity contribution in [3.63, 3.8) is 0 Å². The van der Waals surface area contributed by atoms with Crippen LogP contribution in [0.5, 0.6) is 0 Å². The summed E-state index contributed by atoms with van der Waals surface area (Å²) in [6.45, 7) is 4.34. The summed E-state index contributed by atoms with van der Waals surface area (Å²) in [6, 6.07) is 12.4. The lowest BCUT2D eigenvalue weighted by Gasteiger charge is -2.30. The Morgan fingerprint density at radius 2 is 1.85 bits per heavy atom. The standard InChI is InChI=1S/C21H20N4O/c1-4-17-24(3)20-16(8-6-11-22-20)25(17)18-13(2)9-10-14-15-7-5-12-23-21(15)26-19(14)18/h5-12,17H,4H2,1-3H3. The molecule has 3 aromatic heterocycles. The fraction of sp³-hybridized carbons (Fsp3) is 0.238. The second kappa shape index (κ2) is 5.46. The van der Waals surface area contributed by atoms with Crippen LogP contribution in [0.3, 0.4) is 0 Å². The monoisotopic (exact) mass is 344 g/mol. The van der Waals surface area contributed by atoms with E-state index < -0.39 is 0 Å². The van der Waals surface area contributed by atoms with Crippen LogP contribution >= 0.6 is 0 Å². The number of hydrogen-bond donors (Lipinski definition) is 0. The van der Waals surface area contributed by atoms with Gasteiger partial charge in [0.05, 0.1) is 11.4 Å². The van der Waals surface area contributed by atoms with Crippen LogP contribution in [0.4, 0.5) is 17.2 Å². The second-order valence-corrected chi connectivity index (χ2v) is 6.78. The zero-order chi connectivity index (χ0) is 17.8. The number of aromatic nitrogens is 2. The number of anilines is 3. The molecular weight excluding hydrogens is 324 g/mol. The Bertz CT molecular complexity index is 1130. The molecule has 5 rings (SSSR count). The fourth-order valence-electron chi connectivity index (χ4n) is 4.11. The van der Waals surface area contributed by atoms with Crippen molar-refractivity contribution in [2.45, 2.75) is 26.4 Å². The van der Waals surface area contributed by atoms with E-state index in [2.05, 4.69) is 64.9 Å². The molecule has 5 heteroatoms. The smallest absolute Gasteiger partial charge is 0.227 e. The number of aryl methyl sites for hydroxylation is 1. The average Bonchev–Trinajstić information content (AvgIpc) is 3.17. The lowest BCUT2D eigenvalue weighted by molar-refractivity contribution is 0.627. The molecule has 0 aliphatic carbocycles. The fourth-order valence-corrected chi connectivity index (χ4v) is 4.11. The van der Waals surface area contributed by atoms with E-state index in [0.29, 0.717) is 5.71 Å². The van der Waals surface area contributed by atoms with Gasteiger partial charge in [-0.1, -0.05) is 19.1 Å². The van der Waals surface area contributed by atoms with Gasteiger partial charge in [-0.2, -0.15) is 0 Å². The molecule has 1 aliphatic rings. The second-order valence-electron chi connectivity index (χ2n) is 6.78. The molecule has 1 aromatic carbocycles. The maximum Gasteiger partial charge on any atom is 0.227 e. The predicted molar refractivity (Wildman–Crippen MR) is 105 cm³/mol. The Morgan fingerprint density at radius 3 is 2.69 bits per heavy atom. The average molecular weight is 344 g/mol. The SMILES string of the molecule is CCC1N(C)c2ncccc2N1c1c(C)ccc2c1oc1ncccc12. The highest BCUT2D eigenvalue weighted by Gasteiger charge is 2.36. The maximum atomic E-state index is 6.23. The molecule has 1 aliphatic heterocycles. The largest absolute Gasteiger partial charge is 0.435 e. The molecule has 1 unspecified atom stereocenters. The van der Waals surface area contributed by atoms with Gasteiger partial charge in [0.2, 0.25) is 5.71 Å². The van der Waals surface area contributed by atoms with Crippen molar-refractivity contribution in [3.05, 3.63) is 54.4 Å². The number of fused-ring (bicyclic) bond motifs is 4. The zero-order valence-corrected chi connectivity index (χ0v) is 15.1. The highest BCUT2D eigenvalue weighted by atomic mass is 16.3. The first-order chi connectivity index (χ1) is 12.7. The van der Waals surface area contributed by atoms with E-state index in [4.69, 9.17) is 4.42 Å². The van der Waals surface area contributed by atoms with Gasteiger partial charge in [-0.3, -0.25) is 0 Å². The summed E-state index contributed by atoms with van der Waals surface area (Å²) in [5, 5.41) is 2.15. The number of hydrogen-bond acceptors (Lipinski definition) is 5. The van der Waals surface area contributed by atoms with E-state index >= 15 is 0 Å². The van der Waals surface area contributed by atoms with Crippen LogP contribution in [0.1, 0.15) is 18.9 Å². The summed E-state index contributed by atoms with van der Waals surface area (Å²) in [4.78, 5) is 13.6. The van der Waals surface area contributed by atoms with E-state index in [1.165, 1.54) is 5.56 Å². The van der Waals surface area contributed by atoms with Crippen LogP contribution in [0.25, 0.3) is 22.1 Å². The lowest BCUT2D eigenvalue weighted by atomic mass is 10.1. The number of benzene rings is 1. The van der Waals surface area contributed by atoms with Crippen LogP contribution in [0.15, 0.2) is 53.2 Å². The van der Waals surface area contributed by atoms with Crippen molar-refractivity contribution in [2.75, 3.05) is 16.8 Å². The van der Waals surface area contributed by atoms with E-state index in [-0.39, 0.29) is 6.17 Å². The molecule has 0 spiro atoms. The Morgan fingerprint density at radius 1 is 1.04 bits per heavy atom. The molecule has 0 amide bonds. The van der Waals surface area contributed by atoms with Gasteiger partial charge >= 0.3 is 0 Å². The van der Waals surface area contributed by atoms with Gasteiger partial charge in [0.1, 0.15) is 6.17 Å². The molecule has 1 atom stereocenters. The summed E-state index contributed by atoms with van der Waals surface area (Å²) in [7, 11) is 2.11. The van der Waals surface area contributed by atoms with E-state index in [9.17, 15) is 0 Å². The Kier molecular flexibility index (Phi) is 3.19. The first kappa shape index (κ1) is 15.2. The number of rotatable bonds is 2. The van der Waals surface area contributed by atoms with Crippen molar-refractivity contribution >= 4 is 39.3 Å². The van der Waals surface area contributed by atoms with Gasteiger partial charge in [-0.15, -0.1) is 0 Å². The summed E-state index contributed by atoms with van der Waals surface area (Å²) in [6.07, 6.45) is 4.80. The molecule has 4 heterocycles. The highest BCUT2D eigenvalue weighted by Crippen LogP contribution is 2.47. The van der Waals surface area contributed by atoms with Crippen LogP contribution in [0, 0.1) is 6.92 Å². The third kappa shape index (κ3) is 1.91. The van der Waals surface area contributed by atoms with Crippen molar-refractivity contribution < 1.29 is 4.42 Å². The van der Waals surface area contributed by atoms with E-state index in [1.54, 1.807) is 6.20 Å². The van der Waals surface area contributed by atoms with Crippen molar-refractivity contribution in [1.29, 1.82) is 0 Å². The molecule has 130 valence electrons. The summed E-state index contributed by atoms with van der Waals surface area (Å²) in [5.41, 5.74) is 4.97. The third-order valence-corrected chi connectivity index (χ3v) is 5.30. The number of furan rings is 1. The molecule has 26 heavy (non-hydrogen) atoms. The lowest BCUT2D eigenvalue weighted by Crippen LogP contribution is -2.38. The molecule has 4 aromatic rings. The third-order valence-electron chi connectivity index (χ3n) is 5.30. The van der Waals surface area contributed by atoms with Gasteiger partial charge < -0.3 is 14.2 Å². The van der Waals surface area contributed by atoms with Gasteiger partial charge in [-0.25, -0.2) is 9.97 Å². The highest BCUT2D eigenvalue weighted by molar-refractivity contribution is 6.09. The molecular formula is C21H20N4O. The summed E-state index contributed by atoms with van der Waals surface area (Å²) >= 11 is 0. The van der Waals surface area contributed by atoms with Gasteiger partial charge in [0.25, 0.3) is 0 Å². The van der Waals surface area contributed by atoms with Crippen molar-refractivity contribution in [3.8, 4) is 0 Å². The van der Waals surface area contributed by atoms with Crippen molar-refractivity contribution in [2.24, 2.45) is 0 Å². The molecule has 0 saturated heterocycles.